The summed E-state index contributed by atoms with van der Waals surface area (Å²) in [6, 6.07) is 11.7. The summed E-state index contributed by atoms with van der Waals surface area (Å²) in [6.07, 6.45) is 0. The Hall–Kier alpha value is -1.72. The van der Waals surface area contributed by atoms with Crippen LogP contribution in [-0.4, -0.2) is 0 Å². The van der Waals surface area contributed by atoms with Crippen LogP contribution in [0.5, 0.6) is 0 Å². The van der Waals surface area contributed by atoms with E-state index in [-0.39, 0.29) is 0 Å². The van der Waals surface area contributed by atoms with Crippen LogP contribution in [0.25, 0.3) is 21.9 Å². The lowest BCUT2D eigenvalue weighted by Gasteiger charge is -1.89. The van der Waals surface area contributed by atoms with Crippen molar-refractivity contribution in [3.63, 3.8) is 0 Å². The molecule has 0 N–H and O–H groups in total. The predicted octanol–water partition coefficient (Wildman–Crippen LogP) is 3.98. The van der Waals surface area contributed by atoms with E-state index in [1.807, 2.05) is 0 Å². The lowest BCUT2D eigenvalue weighted by Crippen LogP contribution is -1.69. The summed E-state index contributed by atoms with van der Waals surface area (Å²) in [5, 5.41) is 1.99. The highest BCUT2D eigenvalue weighted by Crippen LogP contribution is 2.32. The van der Waals surface area contributed by atoms with Gasteiger partial charge in [-0.2, -0.15) is 4.39 Å². The van der Waals surface area contributed by atoms with Crippen molar-refractivity contribution in [2.24, 2.45) is 0 Å². The van der Waals surface area contributed by atoms with Gasteiger partial charge in [0.05, 0.1) is 15.8 Å². The number of rotatable bonds is 0. The highest BCUT2D eigenvalue weighted by molar-refractivity contribution is 6.37. The zero-order chi connectivity index (χ0) is 10.4. The molecule has 0 atom stereocenters. The van der Waals surface area contributed by atoms with Crippen LogP contribution in [0, 0.1) is 17.9 Å². The van der Waals surface area contributed by atoms with Crippen LogP contribution < -0.4 is 0 Å². The molecule has 1 heterocycles. The quantitative estimate of drug-likeness (QED) is 0.556. The Bertz CT molecular complexity index is 657. The molecule has 0 radical (unpaired) electrons. The molecule has 3 rings (SSSR count). The van der Waals surface area contributed by atoms with Gasteiger partial charge >= 0.3 is 0 Å². The van der Waals surface area contributed by atoms with E-state index in [1.165, 1.54) is 6.07 Å². The predicted molar refractivity (Wildman–Crippen MR) is 56.4 cm³/mol. The van der Waals surface area contributed by atoms with Gasteiger partial charge in [0.2, 0.25) is 0 Å². The molecule has 2 aromatic carbocycles. The van der Waals surface area contributed by atoms with E-state index < -0.39 is 5.82 Å². The van der Waals surface area contributed by atoms with Crippen molar-refractivity contribution in [1.29, 1.82) is 0 Å². The highest BCUT2D eigenvalue weighted by atomic mass is 35.5. The number of hydrogen-bond donors (Lipinski definition) is 0. The molecular weight excluding hydrogens is 215 g/mol. The summed E-state index contributed by atoms with van der Waals surface area (Å²) >= 11 is 6.03. The lowest BCUT2D eigenvalue weighted by atomic mass is 10.2. The Labute approximate surface area is 90.1 Å². The number of hydrogen-bond acceptors (Lipinski definition) is 1. The minimum atomic E-state index is -0.488. The molecular formula is C12H4ClFO. The van der Waals surface area contributed by atoms with E-state index in [0.717, 1.165) is 5.39 Å². The first kappa shape index (κ1) is 8.58. The first-order valence-electron chi connectivity index (χ1n) is 4.36. The van der Waals surface area contributed by atoms with Crippen LogP contribution in [0.2, 0.25) is 5.02 Å². The normalized spacial score (nSPS) is 10.8. The molecule has 0 aliphatic carbocycles. The third-order valence-corrected chi connectivity index (χ3v) is 2.57. The van der Waals surface area contributed by atoms with E-state index in [4.69, 9.17) is 16.0 Å². The third kappa shape index (κ3) is 1.17. The Balaban J connectivity index is 2.59. The molecule has 15 heavy (non-hydrogen) atoms. The highest BCUT2D eigenvalue weighted by Gasteiger charge is 2.09. The molecule has 0 saturated carbocycles. The summed E-state index contributed by atoms with van der Waals surface area (Å²) in [7, 11) is 0. The average molecular weight is 219 g/mol. The van der Waals surface area contributed by atoms with E-state index in [1.54, 1.807) is 18.2 Å². The van der Waals surface area contributed by atoms with E-state index in [0.29, 0.717) is 21.6 Å². The maximum absolute atomic E-state index is 12.9. The second kappa shape index (κ2) is 2.88. The monoisotopic (exact) mass is 218 g/mol. The number of halogens is 2. The zero-order valence-electron chi connectivity index (χ0n) is 7.47. The molecule has 3 heteroatoms. The van der Waals surface area contributed by atoms with Gasteiger partial charge < -0.3 is 4.42 Å². The fourth-order valence-electron chi connectivity index (χ4n) is 1.62. The summed E-state index contributed by atoms with van der Waals surface area (Å²) in [4.78, 5) is 0. The van der Waals surface area contributed by atoms with Crippen LogP contribution in [0.4, 0.5) is 4.39 Å². The summed E-state index contributed by atoms with van der Waals surface area (Å²) in [5.74, 6) is -0.488. The fraction of sp³-hybridized carbons (Fsp3) is 0. The first-order valence-corrected chi connectivity index (χ1v) is 4.74. The molecule has 1 aromatic heterocycles. The van der Waals surface area contributed by atoms with Gasteiger partial charge in [0.25, 0.3) is 0 Å². The molecule has 0 amide bonds. The third-order valence-electron chi connectivity index (χ3n) is 2.26. The molecule has 0 spiro atoms. The topological polar surface area (TPSA) is 13.1 Å². The second-order valence-corrected chi connectivity index (χ2v) is 3.60. The number of fused-ring (bicyclic) bond motifs is 3. The lowest BCUT2D eigenvalue weighted by molar-refractivity contribution is 0.619. The Morgan fingerprint density at radius 2 is 2.07 bits per heavy atom. The summed E-state index contributed by atoms with van der Waals surface area (Å²) in [5.41, 5.74) is 1.07. The zero-order valence-corrected chi connectivity index (χ0v) is 8.23. The molecule has 0 saturated heterocycles. The van der Waals surface area contributed by atoms with Gasteiger partial charge in [0.1, 0.15) is 11.2 Å². The maximum atomic E-state index is 12.9. The molecule has 72 valence electrons. The molecule has 0 unspecified atom stereocenters. The first-order chi connectivity index (χ1) is 7.25. The molecule has 0 aliphatic heterocycles. The van der Waals surface area contributed by atoms with Crippen LogP contribution in [0.3, 0.4) is 0 Å². The summed E-state index contributed by atoms with van der Waals surface area (Å²) < 4.78 is 18.3. The van der Waals surface area contributed by atoms with Gasteiger partial charge in [0, 0.05) is 6.07 Å². The van der Waals surface area contributed by atoms with Crippen molar-refractivity contribution in [3.8, 4) is 0 Å². The van der Waals surface area contributed by atoms with Crippen LogP contribution in [0.1, 0.15) is 0 Å². The molecule has 0 aliphatic rings. The Morgan fingerprint density at radius 3 is 2.93 bits per heavy atom. The van der Waals surface area contributed by atoms with Crippen molar-refractivity contribution in [3.05, 3.63) is 47.2 Å². The minimum absolute atomic E-state index is 0.439. The van der Waals surface area contributed by atoms with Crippen molar-refractivity contribution < 1.29 is 8.81 Å². The average Bonchev–Trinajstić information content (AvgIpc) is 2.56. The van der Waals surface area contributed by atoms with Gasteiger partial charge in [-0.25, -0.2) is 0 Å². The van der Waals surface area contributed by atoms with Gasteiger partial charge in [-0.05, 0) is 18.2 Å². The van der Waals surface area contributed by atoms with Crippen molar-refractivity contribution in [2.45, 2.75) is 0 Å². The van der Waals surface area contributed by atoms with Gasteiger partial charge in [-0.15, -0.1) is 0 Å². The molecule has 1 nitrogen and oxygen atoms in total. The van der Waals surface area contributed by atoms with E-state index in [2.05, 4.69) is 12.1 Å². The van der Waals surface area contributed by atoms with Crippen molar-refractivity contribution in [1.82, 2.24) is 0 Å². The smallest absolute Gasteiger partial charge is 0.177 e. The number of benzene rings is 1. The molecule has 0 fully saturated rings. The molecule has 3 aromatic rings. The van der Waals surface area contributed by atoms with Crippen molar-refractivity contribution >= 4 is 33.5 Å². The summed E-state index contributed by atoms with van der Waals surface area (Å²) in [6.45, 7) is 0. The molecule has 0 bridgehead atoms. The van der Waals surface area contributed by atoms with Crippen molar-refractivity contribution in [2.75, 3.05) is 0 Å². The van der Waals surface area contributed by atoms with Crippen LogP contribution >= 0.6 is 11.6 Å². The van der Waals surface area contributed by atoms with E-state index >= 15 is 0 Å². The van der Waals surface area contributed by atoms with E-state index in [9.17, 15) is 4.39 Å². The minimum Gasteiger partial charge on any atom is -0.455 e. The van der Waals surface area contributed by atoms with Gasteiger partial charge in [-0.1, -0.05) is 23.7 Å². The number of furan rings is 1. The van der Waals surface area contributed by atoms with Crippen LogP contribution in [0.15, 0.2) is 28.7 Å². The second-order valence-electron chi connectivity index (χ2n) is 3.20. The SMILES string of the molecule is Fc1c#cc2c(c1)oc1cccc(Cl)c12. The maximum Gasteiger partial charge on any atom is 0.177 e. The van der Waals surface area contributed by atoms with Crippen LogP contribution in [-0.2, 0) is 0 Å². The standard InChI is InChI=1S/C12H4ClFO/c13-9-2-1-3-10-12(9)8-5-4-7(14)6-11(8)15-10/h1-3,6H. The van der Waals surface area contributed by atoms with Gasteiger partial charge in [0.15, 0.2) is 5.82 Å². The largest absolute Gasteiger partial charge is 0.455 e. The Kier molecular flexibility index (Phi) is 1.65. The Morgan fingerprint density at radius 1 is 1.20 bits per heavy atom. The fourth-order valence-corrected chi connectivity index (χ4v) is 1.88. The van der Waals surface area contributed by atoms with Gasteiger partial charge in [-0.3, -0.25) is 0 Å².